The van der Waals surface area contributed by atoms with Crippen molar-refractivity contribution < 1.29 is 25.9 Å². The molecule has 0 aliphatic heterocycles. The summed E-state index contributed by atoms with van der Waals surface area (Å²) in [6.07, 6.45) is 16.0. The van der Waals surface area contributed by atoms with Gasteiger partial charge in [-0.2, -0.15) is 0 Å². The maximum absolute atomic E-state index is 11.0. The summed E-state index contributed by atoms with van der Waals surface area (Å²) in [7, 11) is -9.45. The van der Waals surface area contributed by atoms with E-state index in [2.05, 4.69) is 6.92 Å². The summed E-state index contributed by atoms with van der Waals surface area (Å²) in [5.41, 5.74) is 0. The first-order valence-electron chi connectivity index (χ1n) is 10.0. The summed E-state index contributed by atoms with van der Waals surface area (Å²) in [5, 5.41) is -1.61. The first-order chi connectivity index (χ1) is 12.2. The lowest BCUT2D eigenvalue weighted by atomic mass is 10.0. The van der Waals surface area contributed by atoms with Crippen LogP contribution in [0.15, 0.2) is 0 Å². The summed E-state index contributed by atoms with van der Waals surface area (Å²) >= 11 is 0. The molecule has 8 heteroatoms. The van der Waals surface area contributed by atoms with Crippen molar-refractivity contribution in [3.8, 4) is 0 Å². The summed E-state index contributed by atoms with van der Waals surface area (Å²) in [4.78, 5) is 0. The highest BCUT2D eigenvalue weighted by Gasteiger charge is 2.18. The summed E-state index contributed by atoms with van der Waals surface area (Å²) < 4.78 is 65.1. The van der Waals surface area contributed by atoms with E-state index in [1.54, 1.807) is 0 Å². The van der Waals surface area contributed by atoms with E-state index in [1.807, 2.05) is 0 Å². The molecule has 6 nitrogen and oxygen atoms in total. The molecule has 0 saturated heterocycles. The molecule has 0 aromatic carbocycles. The Balaban J connectivity index is 3.57. The molecule has 0 aromatic heterocycles. The molecule has 0 heterocycles. The molecule has 0 N–H and O–H groups in total. The molecule has 26 heavy (non-hydrogen) atoms. The highest BCUT2D eigenvalue weighted by molar-refractivity contribution is 7.90. The standard InChI is InChI=1S/C18H38O6S2/c1-2-3-4-5-6-7-8-9-10-11-12-13-14-15-16-18(26(22,23)24)17-25(19,20)21/h18H,2-17H2,1H3,(H,19,20,21)(H,22,23,24)/p-2. The molecular weight excluding hydrogens is 376 g/mol. The van der Waals surface area contributed by atoms with Crippen LogP contribution < -0.4 is 0 Å². The van der Waals surface area contributed by atoms with Gasteiger partial charge in [-0.25, -0.2) is 16.8 Å². The monoisotopic (exact) mass is 412 g/mol. The van der Waals surface area contributed by atoms with Crippen LogP contribution in [0, 0.1) is 0 Å². The molecule has 0 aliphatic carbocycles. The fraction of sp³-hybridized carbons (Fsp3) is 1.00. The largest absolute Gasteiger partial charge is 0.748 e. The Morgan fingerprint density at radius 3 is 1.27 bits per heavy atom. The highest BCUT2D eigenvalue weighted by atomic mass is 32.2. The van der Waals surface area contributed by atoms with E-state index in [4.69, 9.17) is 0 Å². The van der Waals surface area contributed by atoms with Gasteiger partial charge in [0.15, 0.2) is 0 Å². The Morgan fingerprint density at radius 2 is 0.962 bits per heavy atom. The van der Waals surface area contributed by atoms with Gasteiger partial charge in [0.1, 0.15) is 0 Å². The fourth-order valence-corrected chi connectivity index (χ4v) is 5.35. The first kappa shape index (κ1) is 25.8. The van der Waals surface area contributed by atoms with Crippen molar-refractivity contribution in [2.24, 2.45) is 0 Å². The molecule has 0 aromatic rings. The molecule has 0 radical (unpaired) electrons. The van der Waals surface area contributed by atoms with Crippen LogP contribution in [-0.4, -0.2) is 36.9 Å². The Morgan fingerprint density at radius 1 is 0.615 bits per heavy atom. The second kappa shape index (κ2) is 14.8. The molecule has 0 amide bonds. The second-order valence-electron chi connectivity index (χ2n) is 7.22. The van der Waals surface area contributed by atoms with Gasteiger partial charge in [0.2, 0.25) is 0 Å². The van der Waals surface area contributed by atoms with Crippen molar-refractivity contribution in [3.63, 3.8) is 0 Å². The van der Waals surface area contributed by atoms with Crippen LogP contribution in [0.2, 0.25) is 0 Å². The van der Waals surface area contributed by atoms with Crippen LogP contribution in [0.5, 0.6) is 0 Å². The van der Waals surface area contributed by atoms with E-state index in [1.165, 1.54) is 57.8 Å². The Bertz CT molecular complexity index is 528. The lowest BCUT2D eigenvalue weighted by molar-refractivity contribution is 0.431. The Kier molecular flexibility index (Phi) is 14.7. The molecule has 0 saturated carbocycles. The van der Waals surface area contributed by atoms with Crippen LogP contribution in [0.25, 0.3) is 0 Å². The minimum atomic E-state index is -4.75. The van der Waals surface area contributed by atoms with Crippen LogP contribution in [-0.2, 0) is 20.2 Å². The summed E-state index contributed by atoms with van der Waals surface area (Å²) in [6, 6.07) is 0. The third-order valence-corrected chi connectivity index (χ3v) is 6.92. The third-order valence-electron chi connectivity index (χ3n) is 4.68. The first-order valence-corrected chi connectivity index (χ1v) is 13.1. The molecule has 0 aliphatic rings. The van der Waals surface area contributed by atoms with E-state index in [0.717, 1.165) is 25.7 Å². The topological polar surface area (TPSA) is 114 Å². The van der Waals surface area contributed by atoms with Gasteiger partial charge in [0.25, 0.3) is 0 Å². The zero-order valence-corrected chi connectivity index (χ0v) is 17.8. The van der Waals surface area contributed by atoms with Gasteiger partial charge in [-0.1, -0.05) is 96.8 Å². The van der Waals surface area contributed by atoms with Crippen LogP contribution in [0.3, 0.4) is 0 Å². The predicted molar refractivity (Wildman–Crippen MR) is 103 cm³/mol. The van der Waals surface area contributed by atoms with Gasteiger partial charge in [0.05, 0.1) is 31.2 Å². The van der Waals surface area contributed by atoms with E-state index < -0.39 is 31.2 Å². The maximum Gasteiger partial charge on any atom is 0.0985 e. The zero-order valence-electron chi connectivity index (χ0n) is 16.2. The van der Waals surface area contributed by atoms with Crippen molar-refractivity contribution in [2.75, 3.05) is 5.75 Å². The van der Waals surface area contributed by atoms with Crippen LogP contribution in [0.4, 0.5) is 0 Å². The van der Waals surface area contributed by atoms with Gasteiger partial charge in [-0.05, 0) is 6.42 Å². The quantitative estimate of drug-likeness (QED) is 0.245. The Labute approximate surface area is 160 Å². The SMILES string of the molecule is CCCCCCCCCCCCCCCCC(CS(=O)(=O)[O-])S(=O)(=O)[O-]. The van der Waals surface area contributed by atoms with Crippen molar-refractivity contribution >= 4 is 20.2 Å². The van der Waals surface area contributed by atoms with Gasteiger partial charge in [-0.15, -0.1) is 0 Å². The van der Waals surface area contributed by atoms with Gasteiger partial charge >= 0.3 is 0 Å². The maximum atomic E-state index is 11.0. The number of hydrogen-bond acceptors (Lipinski definition) is 6. The molecular formula is C18H36O6S2-2. The van der Waals surface area contributed by atoms with Crippen molar-refractivity contribution in [1.82, 2.24) is 0 Å². The lowest BCUT2D eigenvalue weighted by Gasteiger charge is -2.21. The van der Waals surface area contributed by atoms with Crippen LogP contribution in [0.1, 0.15) is 103 Å². The highest BCUT2D eigenvalue weighted by Crippen LogP contribution is 2.16. The van der Waals surface area contributed by atoms with E-state index in [0.29, 0.717) is 6.42 Å². The normalized spacial score (nSPS) is 13.8. The minimum absolute atomic E-state index is 0.0503. The lowest BCUT2D eigenvalue weighted by Crippen LogP contribution is -2.29. The molecule has 0 spiro atoms. The number of unbranched alkanes of at least 4 members (excludes halogenated alkanes) is 13. The summed E-state index contributed by atoms with van der Waals surface area (Å²) in [5.74, 6) is -1.11. The predicted octanol–water partition coefficient (Wildman–Crippen LogP) is 4.32. The van der Waals surface area contributed by atoms with E-state index in [9.17, 15) is 25.9 Å². The van der Waals surface area contributed by atoms with Crippen molar-refractivity contribution in [2.45, 2.75) is 108 Å². The van der Waals surface area contributed by atoms with Gasteiger partial charge < -0.3 is 9.11 Å². The van der Waals surface area contributed by atoms with Crippen LogP contribution >= 0.6 is 0 Å². The third kappa shape index (κ3) is 17.2. The van der Waals surface area contributed by atoms with E-state index in [-0.39, 0.29) is 6.42 Å². The fourth-order valence-electron chi connectivity index (χ4n) is 3.11. The summed E-state index contributed by atoms with van der Waals surface area (Å²) in [6.45, 7) is 2.22. The minimum Gasteiger partial charge on any atom is -0.748 e. The van der Waals surface area contributed by atoms with E-state index >= 15 is 0 Å². The van der Waals surface area contributed by atoms with Gasteiger partial charge in [0, 0.05) is 0 Å². The van der Waals surface area contributed by atoms with Crippen molar-refractivity contribution in [1.29, 1.82) is 0 Å². The Hall–Kier alpha value is -0.180. The molecule has 1 unspecified atom stereocenters. The van der Waals surface area contributed by atoms with Gasteiger partial charge in [-0.3, -0.25) is 0 Å². The van der Waals surface area contributed by atoms with Crippen molar-refractivity contribution in [3.05, 3.63) is 0 Å². The smallest absolute Gasteiger partial charge is 0.0985 e. The number of rotatable bonds is 18. The average molecular weight is 413 g/mol. The molecule has 158 valence electrons. The average Bonchev–Trinajstić information content (AvgIpc) is 2.52. The molecule has 0 rings (SSSR count). The zero-order chi connectivity index (χ0) is 19.9. The molecule has 1 atom stereocenters. The molecule has 0 fully saturated rings. The molecule has 0 bridgehead atoms. The number of hydrogen-bond donors (Lipinski definition) is 0. The second-order valence-corrected chi connectivity index (χ2v) is 10.3.